The van der Waals surface area contributed by atoms with E-state index in [1.165, 1.54) is 25.7 Å². The van der Waals surface area contributed by atoms with Gasteiger partial charge >= 0.3 is 6.01 Å². The summed E-state index contributed by atoms with van der Waals surface area (Å²) in [7, 11) is 3.95. The average Bonchev–Trinajstić information content (AvgIpc) is 2.86. The van der Waals surface area contributed by atoms with Crippen LogP contribution in [-0.2, 0) is 0 Å². The smallest absolute Gasteiger partial charge is 0.318 e. The Kier molecular flexibility index (Phi) is 4.22. The van der Waals surface area contributed by atoms with E-state index in [1.54, 1.807) is 0 Å². The second kappa shape index (κ2) is 5.69. The van der Waals surface area contributed by atoms with Gasteiger partial charge in [0.25, 0.3) is 0 Å². The molecule has 1 aliphatic rings. The summed E-state index contributed by atoms with van der Waals surface area (Å²) in [5.74, 6) is 1.45. The van der Waals surface area contributed by atoms with Gasteiger partial charge in [0.2, 0.25) is 5.89 Å². The van der Waals surface area contributed by atoms with Crippen molar-refractivity contribution in [2.75, 3.05) is 19.0 Å². The monoisotopic (exact) mass is 252 g/mol. The van der Waals surface area contributed by atoms with Crippen LogP contribution in [0.2, 0.25) is 0 Å². The molecule has 0 aromatic carbocycles. The molecule has 1 aliphatic carbocycles. The van der Waals surface area contributed by atoms with Crippen LogP contribution >= 0.6 is 0 Å². The van der Waals surface area contributed by atoms with Crippen molar-refractivity contribution in [2.24, 2.45) is 5.92 Å². The van der Waals surface area contributed by atoms with Crippen LogP contribution in [0.3, 0.4) is 0 Å². The Morgan fingerprint density at radius 2 is 2.17 bits per heavy atom. The molecule has 1 N–H and O–H groups in total. The van der Waals surface area contributed by atoms with Crippen LogP contribution in [0.5, 0.6) is 0 Å². The normalized spacial score (nSPS) is 26.0. The van der Waals surface area contributed by atoms with E-state index in [-0.39, 0.29) is 6.04 Å². The lowest BCUT2D eigenvalue weighted by atomic mass is 9.86. The summed E-state index contributed by atoms with van der Waals surface area (Å²) in [5, 5.41) is 11.4. The number of aromatic nitrogens is 2. The molecule has 3 unspecified atom stereocenters. The van der Waals surface area contributed by atoms with E-state index >= 15 is 0 Å². The Bertz CT molecular complexity index is 379. The predicted molar refractivity (Wildman–Crippen MR) is 71.6 cm³/mol. The molecule has 5 nitrogen and oxygen atoms in total. The number of anilines is 1. The lowest BCUT2D eigenvalue weighted by molar-refractivity contribution is 0.324. The Morgan fingerprint density at radius 1 is 1.39 bits per heavy atom. The van der Waals surface area contributed by atoms with Crippen LogP contribution < -0.4 is 10.2 Å². The number of nitrogens with one attached hydrogen (secondary N) is 1. The van der Waals surface area contributed by atoms with Gasteiger partial charge in [-0.1, -0.05) is 24.9 Å². The van der Waals surface area contributed by atoms with Crippen molar-refractivity contribution in [3.05, 3.63) is 5.89 Å². The summed E-state index contributed by atoms with van der Waals surface area (Å²) in [5.41, 5.74) is 0. The number of rotatable bonds is 4. The van der Waals surface area contributed by atoms with Gasteiger partial charge in [0.05, 0.1) is 6.04 Å². The minimum atomic E-state index is 0.102. The first-order valence-electron chi connectivity index (χ1n) is 6.85. The second-order valence-electron chi connectivity index (χ2n) is 5.47. The molecule has 0 radical (unpaired) electrons. The van der Waals surface area contributed by atoms with Crippen LogP contribution in [0, 0.1) is 5.92 Å². The maximum atomic E-state index is 5.73. The van der Waals surface area contributed by atoms with Gasteiger partial charge in [-0.05, 0) is 32.7 Å². The topological polar surface area (TPSA) is 54.2 Å². The van der Waals surface area contributed by atoms with Crippen LogP contribution in [-0.4, -0.2) is 30.3 Å². The highest BCUT2D eigenvalue weighted by molar-refractivity contribution is 5.25. The second-order valence-corrected chi connectivity index (χ2v) is 5.47. The maximum absolute atomic E-state index is 5.73. The molecule has 102 valence electrons. The van der Waals surface area contributed by atoms with Gasteiger partial charge in [-0.2, -0.15) is 0 Å². The maximum Gasteiger partial charge on any atom is 0.318 e. The summed E-state index contributed by atoms with van der Waals surface area (Å²) < 4.78 is 5.73. The van der Waals surface area contributed by atoms with Gasteiger partial charge in [-0.3, -0.25) is 0 Å². The fraction of sp³-hybridized carbons (Fsp3) is 0.846. The molecular weight excluding hydrogens is 228 g/mol. The van der Waals surface area contributed by atoms with E-state index in [9.17, 15) is 0 Å². The lowest BCUT2D eigenvalue weighted by Gasteiger charge is -2.32. The molecule has 1 heterocycles. The standard InChI is InChI=1S/C13H24N4O/c1-9-6-5-7-11(8-9)17(4)13-16-15-12(18-13)10(2)14-3/h9-11,14H,5-8H2,1-4H3. The minimum absolute atomic E-state index is 0.102. The Balaban J connectivity index is 2.03. The van der Waals surface area contributed by atoms with E-state index in [0.717, 1.165) is 5.92 Å². The Labute approximate surface area is 109 Å². The summed E-state index contributed by atoms with van der Waals surface area (Å²) in [6.45, 7) is 4.34. The molecule has 18 heavy (non-hydrogen) atoms. The van der Waals surface area contributed by atoms with Gasteiger partial charge in [0.1, 0.15) is 0 Å². The molecule has 2 rings (SSSR count). The van der Waals surface area contributed by atoms with E-state index in [2.05, 4.69) is 34.4 Å². The van der Waals surface area contributed by atoms with Gasteiger partial charge in [-0.15, -0.1) is 5.10 Å². The highest BCUT2D eigenvalue weighted by Gasteiger charge is 2.25. The van der Waals surface area contributed by atoms with Gasteiger partial charge in [-0.25, -0.2) is 0 Å². The zero-order valence-corrected chi connectivity index (χ0v) is 11.8. The predicted octanol–water partition coefficient (Wildman–Crippen LogP) is 2.36. The third-order valence-electron chi connectivity index (χ3n) is 3.99. The van der Waals surface area contributed by atoms with Crippen molar-refractivity contribution in [3.63, 3.8) is 0 Å². The summed E-state index contributed by atoms with van der Waals surface area (Å²) >= 11 is 0. The van der Waals surface area contributed by atoms with Crippen molar-refractivity contribution in [2.45, 2.75) is 51.6 Å². The molecule has 1 fully saturated rings. The molecule has 0 bridgehead atoms. The first-order chi connectivity index (χ1) is 8.61. The van der Waals surface area contributed by atoms with E-state index < -0.39 is 0 Å². The molecule has 0 amide bonds. The van der Waals surface area contributed by atoms with Crippen molar-refractivity contribution >= 4 is 6.01 Å². The fourth-order valence-electron chi connectivity index (χ4n) is 2.58. The fourth-order valence-corrected chi connectivity index (χ4v) is 2.58. The highest BCUT2D eigenvalue weighted by Crippen LogP contribution is 2.29. The summed E-state index contributed by atoms with van der Waals surface area (Å²) in [4.78, 5) is 2.15. The number of hydrogen-bond acceptors (Lipinski definition) is 5. The Hall–Kier alpha value is -1.10. The molecule has 0 aliphatic heterocycles. The van der Waals surface area contributed by atoms with Crippen LogP contribution in [0.1, 0.15) is 51.5 Å². The summed E-state index contributed by atoms with van der Waals surface area (Å²) in [6.07, 6.45) is 5.08. The average molecular weight is 252 g/mol. The molecule has 5 heteroatoms. The first kappa shape index (κ1) is 13.3. The van der Waals surface area contributed by atoms with Crippen molar-refractivity contribution in [1.82, 2.24) is 15.5 Å². The summed E-state index contributed by atoms with van der Waals surface area (Å²) in [6, 6.07) is 1.28. The van der Waals surface area contributed by atoms with E-state index in [1.807, 2.05) is 14.0 Å². The van der Waals surface area contributed by atoms with Gasteiger partial charge in [0, 0.05) is 13.1 Å². The first-order valence-corrected chi connectivity index (χ1v) is 6.85. The van der Waals surface area contributed by atoms with Crippen LogP contribution in [0.25, 0.3) is 0 Å². The van der Waals surface area contributed by atoms with Crippen LogP contribution in [0.15, 0.2) is 4.42 Å². The van der Waals surface area contributed by atoms with Crippen molar-refractivity contribution in [3.8, 4) is 0 Å². The molecule has 3 atom stereocenters. The third kappa shape index (κ3) is 2.83. The molecular formula is C13H24N4O. The van der Waals surface area contributed by atoms with E-state index in [0.29, 0.717) is 17.9 Å². The zero-order valence-electron chi connectivity index (χ0n) is 11.8. The van der Waals surface area contributed by atoms with E-state index in [4.69, 9.17) is 4.42 Å². The number of hydrogen-bond donors (Lipinski definition) is 1. The largest absolute Gasteiger partial charge is 0.406 e. The van der Waals surface area contributed by atoms with Gasteiger partial charge < -0.3 is 14.6 Å². The zero-order chi connectivity index (χ0) is 13.1. The highest BCUT2D eigenvalue weighted by atomic mass is 16.4. The van der Waals surface area contributed by atoms with Crippen molar-refractivity contribution < 1.29 is 4.42 Å². The molecule has 1 aromatic rings. The molecule has 0 spiro atoms. The van der Waals surface area contributed by atoms with Crippen LogP contribution in [0.4, 0.5) is 6.01 Å². The minimum Gasteiger partial charge on any atom is -0.406 e. The lowest BCUT2D eigenvalue weighted by Crippen LogP contribution is -2.35. The van der Waals surface area contributed by atoms with Gasteiger partial charge in [0.15, 0.2) is 0 Å². The number of nitrogens with zero attached hydrogens (tertiary/aromatic N) is 3. The third-order valence-corrected chi connectivity index (χ3v) is 3.99. The molecule has 0 saturated heterocycles. The molecule has 1 aromatic heterocycles. The Morgan fingerprint density at radius 3 is 2.83 bits per heavy atom. The SMILES string of the molecule is CNC(C)c1nnc(N(C)C2CCCC(C)C2)o1. The quantitative estimate of drug-likeness (QED) is 0.891. The molecule has 1 saturated carbocycles. The van der Waals surface area contributed by atoms with Crippen molar-refractivity contribution in [1.29, 1.82) is 0 Å².